The van der Waals surface area contributed by atoms with E-state index < -0.39 is 32.5 Å². The monoisotopic (exact) mass is 937 g/mol. The van der Waals surface area contributed by atoms with Gasteiger partial charge in [0.2, 0.25) is 0 Å². The molecule has 0 bridgehead atoms. The van der Waals surface area contributed by atoms with Gasteiger partial charge in [-0.25, -0.2) is 18.0 Å². The number of allylic oxidation sites excluding steroid dienone is 2. The van der Waals surface area contributed by atoms with Gasteiger partial charge in [-0.15, -0.1) is 13.2 Å². The van der Waals surface area contributed by atoms with Gasteiger partial charge >= 0.3 is 41.5 Å². The van der Waals surface area contributed by atoms with Crippen LogP contribution in [-0.4, -0.2) is 38.1 Å². The normalized spacial score (nSPS) is 11.3. The number of rotatable bonds is 49. The van der Waals surface area contributed by atoms with Crippen LogP contribution in [0.25, 0.3) is 0 Å². The molecule has 1 aromatic carbocycles. The van der Waals surface area contributed by atoms with Crippen LogP contribution >= 0.6 is 0 Å². The van der Waals surface area contributed by atoms with Crippen molar-refractivity contribution in [2.75, 3.05) is 13.2 Å². The summed E-state index contributed by atoms with van der Waals surface area (Å²) in [7, 11) is -5.02. The van der Waals surface area contributed by atoms with E-state index in [0.717, 1.165) is 57.4 Å². The second kappa shape index (κ2) is 47.6. The molecule has 0 fully saturated rings. The number of unbranched alkanes of at least 4 members (excludes halogenated alkanes) is 40. The predicted octanol–water partition coefficient (Wildman–Crippen LogP) is 14.7. The summed E-state index contributed by atoms with van der Waals surface area (Å²) in [6.45, 7) is 7.84. The number of hydrogen-bond acceptors (Lipinski definition) is 7. The minimum atomic E-state index is -5.02. The van der Waals surface area contributed by atoms with E-state index in [0.29, 0.717) is 12.8 Å². The van der Waals surface area contributed by atoms with Crippen molar-refractivity contribution in [1.29, 1.82) is 0 Å². The van der Waals surface area contributed by atoms with Crippen molar-refractivity contribution < 1.29 is 61.6 Å². The van der Waals surface area contributed by atoms with Crippen molar-refractivity contribution in [2.24, 2.45) is 0 Å². The molecule has 0 unspecified atom stereocenters. The Kier molecular flexibility index (Phi) is 46.5. The summed E-state index contributed by atoms with van der Waals surface area (Å²) in [6.07, 6.45) is 57.0. The molecule has 370 valence electrons. The van der Waals surface area contributed by atoms with Crippen molar-refractivity contribution in [3.05, 3.63) is 54.6 Å². The third kappa shape index (κ3) is 39.1. The van der Waals surface area contributed by atoms with Crippen molar-refractivity contribution >= 4 is 22.1 Å². The van der Waals surface area contributed by atoms with E-state index in [2.05, 4.69) is 13.2 Å². The zero-order valence-electron chi connectivity index (χ0n) is 42.2. The Labute approximate surface area is 423 Å². The summed E-state index contributed by atoms with van der Waals surface area (Å²) in [5.41, 5.74) is -0.767. The first-order valence-corrected chi connectivity index (χ1v) is 28.4. The first kappa shape index (κ1) is 63.5. The first-order valence-electron chi connectivity index (χ1n) is 27.0. The molecule has 0 spiro atoms. The Balaban J connectivity index is 0.0000410. The van der Waals surface area contributed by atoms with E-state index >= 15 is 0 Å². The average Bonchev–Trinajstić information content (AvgIpc) is 3.28. The smallest absolute Gasteiger partial charge is 0.744 e. The van der Waals surface area contributed by atoms with E-state index in [9.17, 15) is 22.6 Å². The van der Waals surface area contributed by atoms with Crippen LogP contribution in [0.3, 0.4) is 0 Å². The van der Waals surface area contributed by atoms with Gasteiger partial charge in [0.05, 0.1) is 29.2 Å². The maximum absolute atomic E-state index is 13.1. The molecule has 0 aromatic heterocycles. The van der Waals surface area contributed by atoms with Crippen molar-refractivity contribution in [1.82, 2.24) is 0 Å². The van der Waals surface area contributed by atoms with Gasteiger partial charge < -0.3 is 14.0 Å². The fraction of sp³-hybridized carbons (Fsp3) is 0.786. The Bertz CT molecular complexity index is 1380. The van der Waals surface area contributed by atoms with E-state index in [4.69, 9.17) is 9.47 Å². The topological polar surface area (TPSA) is 110 Å². The Morgan fingerprint density at radius 3 is 0.923 bits per heavy atom. The number of benzene rings is 1. The minimum absolute atomic E-state index is 0. The van der Waals surface area contributed by atoms with Gasteiger partial charge in [-0.3, -0.25) is 0 Å². The van der Waals surface area contributed by atoms with Gasteiger partial charge in [0, 0.05) is 0 Å². The molecule has 0 aliphatic rings. The van der Waals surface area contributed by atoms with E-state index in [1.165, 1.54) is 218 Å². The maximum atomic E-state index is 13.1. The first-order chi connectivity index (χ1) is 31.3. The van der Waals surface area contributed by atoms with Gasteiger partial charge in [0.15, 0.2) is 0 Å². The summed E-state index contributed by atoms with van der Waals surface area (Å²) < 4.78 is 47.0. The largest absolute Gasteiger partial charge is 1.00 e. The standard InChI is InChI=1S/C56H98O7S.Na/c1-3-5-7-9-11-13-15-17-19-21-23-25-27-29-31-33-35-37-39-41-43-45-50-62-55(57)52-48-47-49-53(64(59,60)61)54(52)56(58)63-51-46-44-42-40-38-36-34-32-30-28-26-24-22-20-18-16-14-12-10-8-6-4-2;/h3-4,47-49H,1-2,5-46,50-51H2,(H,59,60,61);/q;+1/p-1. The second-order valence-corrected chi connectivity index (χ2v) is 20.0. The van der Waals surface area contributed by atoms with Crippen LogP contribution in [0.5, 0.6) is 0 Å². The van der Waals surface area contributed by atoms with Crippen LogP contribution in [0, 0.1) is 0 Å². The molecule has 0 aliphatic heterocycles. The van der Waals surface area contributed by atoms with Crippen molar-refractivity contribution in [2.45, 2.75) is 275 Å². The van der Waals surface area contributed by atoms with E-state index in [1.54, 1.807) is 0 Å². The van der Waals surface area contributed by atoms with Crippen LogP contribution in [0.1, 0.15) is 290 Å². The summed E-state index contributed by atoms with van der Waals surface area (Å²) in [5, 5.41) is 0. The number of ether oxygens (including phenoxy) is 2. The molecule has 0 N–H and O–H groups in total. The van der Waals surface area contributed by atoms with E-state index in [-0.39, 0.29) is 48.3 Å². The van der Waals surface area contributed by atoms with Crippen molar-refractivity contribution in [3.8, 4) is 0 Å². The third-order valence-corrected chi connectivity index (χ3v) is 13.7. The van der Waals surface area contributed by atoms with Crippen LogP contribution < -0.4 is 29.6 Å². The molecule has 1 aromatic rings. The number of hydrogen-bond donors (Lipinski definition) is 0. The summed E-state index contributed by atoms with van der Waals surface area (Å²) >= 11 is 0. The van der Waals surface area contributed by atoms with Gasteiger partial charge in [-0.2, -0.15) is 0 Å². The SMILES string of the molecule is C=CCCCCCCCCCCCCCCCCCCCCCCOC(=O)c1cccc(S(=O)(=O)[O-])c1C(=O)OCCCCCCCCCCCCCCCCCCCCCCC=C.[Na+]. The Morgan fingerprint density at radius 2 is 0.662 bits per heavy atom. The summed E-state index contributed by atoms with van der Waals surface area (Å²) in [4.78, 5) is 25.4. The van der Waals surface area contributed by atoms with Crippen molar-refractivity contribution in [3.63, 3.8) is 0 Å². The second-order valence-electron chi connectivity index (χ2n) is 18.7. The third-order valence-electron chi connectivity index (χ3n) is 12.8. The molecule has 0 aliphatic carbocycles. The Hall–Kier alpha value is -1.45. The van der Waals surface area contributed by atoms with Crippen LogP contribution in [-0.2, 0) is 19.6 Å². The number of carbonyl (C=O) groups is 2. The maximum Gasteiger partial charge on any atom is 1.00 e. The van der Waals surface area contributed by atoms with Gasteiger partial charge in [0.25, 0.3) is 0 Å². The number of carbonyl (C=O) groups excluding carboxylic acids is 2. The molecule has 65 heavy (non-hydrogen) atoms. The average molecular weight is 937 g/mol. The molecule has 0 amide bonds. The van der Waals surface area contributed by atoms with Gasteiger partial charge in [-0.1, -0.05) is 249 Å². The zero-order chi connectivity index (χ0) is 46.4. The molecule has 0 saturated carbocycles. The molecule has 0 atom stereocenters. The quantitative estimate of drug-likeness (QED) is 0.0210. The molecule has 7 nitrogen and oxygen atoms in total. The molecule has 1 rings (SSSR count). The predicted molar refractivity (Wildman–Crippen MR) is 269 cm³/mol. The van der Waals surface area contributed by atoms with Gasteiger partial charge in [0.1, 0.15) is 10.1 Å². The Morgan fingerprint density at radius 1 is 0.415 bits per heavy atom. The van der Waals surface area contributed by atoms with Crippen LogP contribution in [0.15, 0.2) is 48.4 Å². The van der Waals surface area contributed by atoms with Crippen LogP contribution in [0.2, 0.25) is 0 Å². The molecule has 9 heteroatoms. The molecule has 0 heterocycles. The van der Waals surface area contributed by atoms with E-state index in [1.807, 2.05) is 12.2 Å². The molecule has 0 radical (unpaired) electrons. The van der Waals surface area contributed by atoms with Gasteiger partial charge in [-0.05, 0) is 50.7 Å². The molecular weight excluding hydrogens is 840 g/mol. The fourth-order valence-corrected chi connectivity index (χ4v) is 9.43. The number of esters is 2. The summed E-state index contributed by atoms with van der Waals surface area (Å²) in [6, 6.07) is 3.65. The van der Waals surface area contributed by atoms with Crippen LogP contribution in [0.4, 0.5) is 0 Å². The fourth-order valence-electron chi connectivity index (χ4n) is 8.75. The molecular formula is C56H97NaO7S. The summed E-state index contributed by atoms with van der Waals surface area (Å²) in [5.74, 6) is -1.80. The minimum Gasteiger partial charge on any atom is -0.744 e. The zero-order valence-corrected chi connectivity index (χ0v) is 45.0. The molecule has 0 saturated heterocycles.